The standard InChI is InChI=1S/C27H40O3/c1-5-27-15-13-18-16-20(28)9-10-21(18)24(27)19(8-6-7-14-25(2,3)30)17-26(4)22(27)11-12-23(26)29/h5,9-10,16,19,22-24,28-30H,1,6-8,11-15,17H2,2-4H3/t19-,22+,23-,24+,26-,27?/m0/s1. The molecule has 30 heavy (non-hydrogen) atoms. The Kier molecular flexibility index (Phi) is 5.60. The Labute approximate surface area is 182 Å². The second-order valence-electron chi connectivity index (χ2n) is 11.4. The lowest BCUT2D eigenvalue weighted by Crippen LogP contribution is -2.54. The molecule has 0 amide bonds. The minimum Gasteiger partial charge on any atom is -0.508 e. The van der Waals surface area contributed by atoms with Gasteiger partial charge in [-0.2, -0.15) is 0 Å². The molecular weight excluding hydrogens is 372 g/mol. The Morgan fingerprint density at radius 2 is 2.00 bits per heavy atom. The molecule has 1 aromatic rings. The number of phenols is 1. The molecule has 0 saturated heterocycles. The molecule has 0 heterocycles. The molecule has 0 spiro atoms. The van der Waals surface area contributed by atoms with E-state index in [0.717, 1.165) is 57.8 Å². The zero-order chi connectivity index (χ0) is 21.7. The zero-order valence-corrected chi connectivity index (χ0v) is 19.0. The molecule has 0 radical (unpaired) electrons. The quantitative estimate of drug-likeness (QED) is 0.413. The number of hydrogen-bond acceptors (Lipinski definition) is 3. The first-order valence-electron chi connectivity index (χ1n) is 12.0. The van der Waals surface area contributed by atoms with Gasteiger partial charge in [-0.05, 0) is 111 Å². The van der Waals surface area contributed by atoms with Crippen molar-refractivity contribution < 1.29 is 15.3 Å². The van der Waals surface area contributed by atoms with Crippen molar-refractivity contribution in [3.63, 3.8) is 0 Å². The van der Waals surface area contributed by atoms with Gasteiger partial charge in [0.1, 0.15) is 5.75 Å². The van der Waals surface area contributed by atoms with Crippen LogP contribution >= 0.6 is 0 Å². The molecule has 3 nitrogen and oxygen atoms in total. The molecule has 0 aromatic heterocycles. The average Bonchev–Trinajstić information content (AvgIpc) is 2.98. The largest absolute Gasteiger partial charge is 0.508 e. The topological polar surface area (TPSA) is 60.7 Å². The van der Waals surface area contributed by atoms with Gasteiger partial charge in [-0.3, -0.25) is 0 Å². The first kappa shape index (κ1) is 21.9. The summed E-state index contributed by atoms with van der Waals surface area (Å²) in [5.74, 6) is 1.72. The summed E-state index contributed by atoms with van der Waals surface area (Å²) in [7, 11) is 0. The van der Waals surface area contributed by atoms with Crippen LogP contribution < -0.4 is 0 Å². The van der Waals surface area contributed by atoms with Crippen molar-refractivity contribution in [2.45, 2.75) is 96.2 Å². The van der Waals surface area contributed by atoms with Gasteiger partial charge < -0.3 is 15.3 Å². The summed E-state index contributed by atoms with van der Waals surface area (Å²) < 4.78 is 0. The van der Waals surface area contributed by atoms with Gasteiger partial charge in [-0.1, -0.05) is 31.9 Å². The fraction of sp³-hybridized carbons (Fsp3) is 0.704. The van der Waals surface area contributed by atoms with Crippen LogP contribution in [0.1, 0.15) is 89.2 Å². The summed E-state index contributed by atoms with van der Waals surface area (Å²) >= 11 is 0. The highest BCUT2D eigenvalue weighted by atomic mass is 16.3. The summed E-state index contributed by atoms with van der Waals surface area (Å²) in [6.45, 7) is 10.5. The number of allylic oxidation sites excluding steroid dienone is 1. The normalized spacial score (nSPS) is 37.9. The zero-order valence-electron chi connectivity index (χ0n) is 19.0. The average molecular weight is 413 g/mol. The van der Waals surface area contributed by atoms with Crippen molar-refractivity contribution in [3.05, 3.63) is 42.0 Å². The lowest BCUT2D eigenvalue weighted by molar-refractivity contribution is -0.0814. The van der Waals surface area contributed by atoms with Crippen molar-refractivity contribution in [1.29, 1.82) is 0 Å². The summed E-state index contributed by atoms with van der Waals surface area (Å²) in [4.78, 5) is 0. The Bertz CT molecular complexity index is 794. The number of aliphatic hydroxyl groups excluding tert-OH is 1. The molecular formula is C27H40O3. The van der Waals surface area contributed by atoms with Gasteiger partial charge in [-0.15, -0.1) is 6.58 Å². The predicted octanol–water partition coefficient (Wildman–Crippen LogP) is 5.72. The lowest BCUT2D eigenvalue weighted by Gasteiger charge is -2.60. The number of aliphatic hydroxyl groups is 2. The van der Waals surface area contributed by atoms with Gasteiger partial charge >= 0.3 is 0 Å². The minimum atomic E-state index is -0.606. The minimum absolute atomic E-state index is 0.0232. The smallest absolute Gasteiger partial charge is 0.115 e. The van der Waals surface area contributed by atoms with Crippen LogP contribution in [0, 0.1) is 22.7 Å². The SMILES string of the molecule is C=CC12CCc3cc(O)ccc3[C@H]1[C@@H](CCCCC(C)(C)O)C[C@]1(C)[C@@H](O)CC[C@@H]21. The third kappa shape index (κ3) is 3.52. The van der Waals surface area contributed by atoms with Gasteiger partial charge in [0, 0.05) is 0 Å². The monoisotopic (exact) mass is 412 g/mol. The highest BCUT2D eigenvalue weighted by Gasteiger charge is 2.63. The molecule has 0 aliphatic heterocycles. The molecule has 0 bridgehead atoms. The number of benzene rings is 1. The summed E-state index contributed by atoms with van der Waals surface area (Å²) in [5.41, 5.74) is 2.07. The van der Waals surface area contributed by atoms with Gasteiger partial charge in [0.15, 0.2) is 0 Å². The predicted molar refractivity (Wildman–Crippen MR) is 122 cm³/mol. The fourth-order valence-corrected chi connectivity index (χ4v) is 7.66. The van der Waals surface area contributed by atoms with Crippen molar-refractivity contribution in [2.24, 2.45) is 22.7 Å². The van der Waals surface area contributed by atoms with E-state index in [1.54, 1.807) is 0 Å². The van der Waals surface area contributed by atoms with Crippen LogP contribution in [-0.2, 0) is 6.42 Å². The van der Waals surface area contributed by atoms with E-state index in [9.17, 15) is 15.3 Å². The van der Waals surface area contributed by atoms with E-state index in [1.165, 1.54) is 11.1 Å². The van der Waals surface area contributed by atoms with Crippen LogP contribution in [0.4, 0.5) is 0 Å². The molecule has 2 fully saturated rings. The number of unbranched alkanes of at least 4 members (excludes halogenated alkanes) is 1. The number of hydrogen-bond donors (Lipinski definition) is 3. The molecule has 4 rings (SSSR count). The summed E-state index contributed by atoms with van der Waals surface area (Å²) in [6.07, 6.45) is 11.2. The third-order valence-corrected chi connectivity index (χ3v) is 8.97. The van der Waals surface area contributed by atoms with E-state index in [-0.39, 0.29) is 16.9 Å². The molecule has 3 heteroatoms. The second-order valence-corrected chi connectivity index (χ2v) is 11.4. The molecule has 2 saturated carbocycles. The van der Waals surface area contributed by atoms with Crippen LogP contribution in [0.5, 0.6) is 5.75 Å². The first-order chi connectivity index (χ1) is 14.1. The van der Waals surface area contributed by atoms with E-state index >= 15 is 0 Å². The molecule has 3 aliphatic carbocycles. The van der Waals surface area contributed by atoms with Crippen LogP contribution in [0.2, 0.25) is 0 Å². The molecule has 166 valence electrons. The lowest BCUT2D eigenvalue weighted by atomic mass is 9.44. The van der Waals surface area contributed by atoms with E-state index in [0.29, 0.717) is 23.5 Å². The van der Waals surface area contributed by atoms with Crippen molar-refractivity contribution >= 4 is 0 Å². The molecule has 1 unspecified atom stereocenters. The van der Waals surface area contributed by atoms with Gasteiger partial charge in [0.05, 0.1) is 11.7 Å². The molecule has 3 N–H and O–H groups in total. The van der Waals surface area contributed by atoms with Crippen molar-refractivity contribution in [3.8, 4) is 5.75 Å². The van der Waals surface area contributed by atoms with Crippen LogP contribution in [-0.4, -0.2) is 27.0 Å². The Morgan fingerprint density at radius 1 is 1.23 bits per heavy atom. The molecule has 1 aromatic carbocycles. The highest BCUT2D eigenvalue weighted by molar-refractivity contribution is 5.43. The summed E-state index contributed by atoms with van der Waals surface area (Å²) in [5, 5.41) is 31.2. The number of aromatic hydroxyl groups is 1. The summed E-state index contributed by atoms with van der Waals surface area (Å²) in [6, 6.07) is 5.97. The maximum atomic E-state index is 11.0. The van der Waals surface area contributed by atoms with Crippen LogP contribution in [0.15, 0.2) is 30.9 Å². The third-order valence-electron chi connectivity index (χ3n) is 8.97. The molecule has 3 aliphatic rings. The fourth-order valence-electron chi connectivity index (χ4n) is 7.66. The van der Waals surface area contributed by atoms with Crippen LogP contribution in [0.3, 0.4) is 0 Å². The van der Waals surface area contributed by atoms with E-state index in [2.05, 4.69) is 25.6 Å². The van der Waals surface area contributed by atoms with Crippen molar-refractivity contribution in [1.82, 2.24) is 0 Å². The van der Waals surface area contributed by atoms with Gasteiger partial charge in [0.25, 0.3) is 0 Å². The van der Waals surface area contributed by atoms with E-state index in [4.69, 9.17) is 0 Å². The number of fused-ring (bicyclic) bond motifs is 5. The second kappa shape index (κ2) is 7.67. The Morgan fingerprint density at radius 3 is 2.70 bits per heavy atom. The van der Waals surface area contributed by atoms with Gasteiger partial charge in [-0.25, -0.2) is 0 Å². The maximum absolute atomic E-state index is 11.0. The first-order valence-corrected chi connectivity index (χ1v) is 12.0. The van der Waals surface area contributed by atoms with Crippen molar-refractivity contribution in [2.75, 3.05) is 0 Å². The molecule has 6 atom stereocenters. The Hall–Kier alpha value is -1.32. The highest BCUT2D eigenvalue weighted by Crippen LogP contribution is 2.69. The maximum Gasteiger partial charge on any atom is 0.115 e. The number of aryl methyl sites for hydroxylation is 1. The number of phenolic OH excluding ortho intramolecular Hbond substituents is 1. The van der Waals surface area contributed by atoms with Gasteiger partial charge in [0.2, 0.25) is 0 Å². The van der Waals surface area contributed by atoms with E-state index in [1.807, 2.05) is 26.0 Å². The number of rotatable bonds is 6. The van der Waals surface area contributed by atoms with Crippen LogP contribution in [0.25, 0.3) is 0 Å². The van der Waals surface area contributed by atoms with E-state index < -0.39 is 5.60 Å². The Balaban J connectivity index is 1.70.